The highest BCUT2D eigenvalue weighted by Crippen LogP contribution is 2.28. The number of carboxylic acid groups (broad SMARTS) is 1. The van der Waals surface area contributed by atoms with E-state index < -0.39 is 5.97 Å². The minimum absolute atomic E-state index is 0.325. The van der Waals surface area contributed by atoms with E-state index in [1.807, 2.05) is 0 Å². The van der Waals surface area contributed by atoms with Crippen molar-refractivity contribution in [2.75, 3.05) is 19.6 Å². The van der Waals surface area contributed by atoms with E-state index in [4.69, 9.17) is 5.11 Å². The van der Waals surface area contributed by atoms with Crippen LogP contribution in [0.15, 0.2) is 0 Å². The van der Waals surface area contributed by atoms with Gasteiger partial charge in [0.05, 0.1) is 0 Å². The number of carbonyl (C=O) groups is 1. The molecule has 2 atom stereocenters. The molecule has 0 saturated carbocycles. The predicted molar refractivity (Wildman–Crippen MR) is 85.6 cm³/mol. The summed E-state index contributed by atoms with van der Waals surface area (Å²) < 4.78 is 0. The Labute approximate surface area is 129 Å². The van der Waals surface area contributed by atoms with Crippen molar-refractivity contribution < 1.29 is 9.90 Å². The van der Waals surface area contributed by atoms with Crippen LogP contribution in [-0.2, 0) is 4.79 Å². The second-order valence-corrected chi connectivity index (χ2v) is 7.03. The first kappa shape index (κ1) is 16.8. The molecule has 2 rings (SSSR count). The molecule has 0 aromatic rings. The van der Waals surface area contributed by atoms with E-state index in [1.54, 1.807) is 0 Å². The first-order valence-electron chi connectivity index (χ1n) is 8.79. The molecule has 21 heavy (non-hydrogen) atoms. The molecule has 0 radical (unpaired) electrons. The third-order valence-corrected chi connectivity index (χ3v) is 5.30. The molecule has 2 aliphatic rings. The molecule has 4 heteroatoms. The van der Waals surface area contributed by atoms with Crippen LogP contribution in [0.3, 0.4) is 0 Å². The van der Waals surface area contributed by atoms with Crippen molar-refractivity contribution in [1.29, 1.82) is 0 Å². The van der Waals surface area contributed by atoms with Gasteiger partial charge in [-0.25, -0.2) is 0 Å². The maximum Gasteiger partial charge on any atom is 0.303 e. The number of piperidine rings is 1. The third kappa shape index (κ3) is 4.96. The highest BCUT2D eigenvalue weighted by Gasteiger charge is 2.30. The lowest BCUT2D eigenvalue weighted by molar-refractivity contribution is -0.137. The standard InChI is InChI=1S/C17H32N2O2/c1-14(2)18-11-5-7-16(10-13-18)19-12-4-3-6-15(19)8-9-17(20)21/h14-16H,3-13H2,1-2H3,(H,20,21). The van der Waals surface area contributed by atoms with Crippen LogP contribution >= 0.6 is 0 Å². The zero-order chi connectivity index (χ0) is 15.2. The van der Waals surface area contributed by atoms with Crippen LogP contribution in [0.5, 0.6) is 0 Å². The average Bonchev–Trinajstić information content (AvgIpc) is 2.71. The van der Waals surface area contributed by atoms with Gasteiger partial charge in [-0.15, -0.1) is 0 Å². The van der Waals surface area contributed by atoms with Gasteiger partial charge in [-0.1, -0.05) is 6.42 Å². The Balaban J connectivity index is 1.92. The largest absolute Gasteiger partial charge is 0.481 e. The second kappa shape index (κ2) is 8.14. The van der Waals surface area contributed by atoms with Crippen LogP contribution in [-0.4, -0.2) is 58.6 Å². The molecule has 0 aromatic heterocycles. The second-order valence-electron chi connectivity index (χ2n) is 7.03. The molecule has 122 valence electrons. The topological polar surface area (TPSA) is 43.8 Å². The van der Waals surface area contributed by atoms with Crippen molar-refractivity contribution in [2.24, 2.45) is 0 Å². The molecule has 0 amide bonds. The summed E-state index contributed by atoms with van der Waals surface area (Å²) in [6.45, 7) is 8.18. The van der Waals surface area contributed by atoms with Gasteiger partial charge in [0.15, 0.2) is 0 Å². The van der Waals surface area contributed by atoms with Gasteiger partial charge < -0.3 is 10.0 Å². The molecule has 2 aliphatic heterocycles. The number of likely N-dealkylation sites (tertiary alicyclic amines) is 2. The quantitative estimate of drug-likeness (QED) is 0.847. The number of rotatable bonds is 5. The van der Waals surface area contributed by atoms with Crippen molar-refractivity contribution in [1.82, 2.24) is 9.80 Å². The van der Waals surface area contributed by atoms with Gasteiger partial charge in [0.25, 0.3) is 0 Å². The molecule has 1 N–H and O–H groups in total. The van der Waals surface area contributed by atoms with Gasteiger partial charge in [-0.3, -0.25) is 9.69 Å². The minimum Gasteiger partial charge on any atom is -0.481 e. The van der Waals surface area contributed by atoms with E-state index in [-0.39, 0.29) is 0 Å². The van der Waals surface area contributed by atoms with Crippen LogP contribution in [0.1, 0.15) is 65.2 Å². The van der Waals surface area contributed by atoms with Crippen LogP contribution in [0.25, 0.3) is 0 Å². The smallest absolute Gasteiger partial charge is 0.303 e. The van der Waals surface area contributed by atoms with Gasteiger partial charge >= 0.3 is 5.97 Å². The van der Waals surface area contributed by atoms with Gasteiger partial charge in [0.2, 0.25) is 0 Å². The number of carboxylic acids is 1. The summed E-state index contributed by atoms with van der Waals surface area (Å²) in [6.07, 6.45) is 8.72. The highest BCUT2D eigenvalue weighted by atomic mass is 16.4. The lowest BCUT2D eigenvalue weighted by Crippen LogP contribution is -2.47. The summed E-state index contributed by atoms with van der Waals surface area (Å²) in [5, 5.41) is 8.96. The van der Waals surface area contributed by atoms with E-state index in [2.05, 4.69) is 23.6 Å². The van der Waals surface area contributed by atoms with Crippen LogP contribution in [0.2, 0.25) is 0 Å². The summed E-state index contributed by atoms with van der Waals surface area (Å²) in [5.41, 5.74) is 0. The lowest BCUT2D eigenvalue weighted by Gasteiger charge is -2.41. The Morgan fingerprint density at radius 1 is 1.10 bits per heavy atom. The molecule has 2 unspecified atom stereocenters. The Kier molecular flexibility index (Phi) is 6.49. The third-order valence-electron chi connectivity index (χ3n) is 5.30. The fourth-order valence-electron chi connectivity index (χ4n) is 4.05. The highest BCUT2D eigenvalue weighted by molar-refractivity contribution is 5.66. The lowest BCUT2D eigenvalue weighted by atomic mass is 9.94. The minimum atomic E-state index is -0.646. The molecule has 0 aromatic carbocycles. The van der Waals surface area contributed by atoms with Gasteiger partial charge in [0, 0.05) is 24.5 Å². The zero-order valence-corrected chi connectivity index (χ0v) is 13.8. The summed E-state index contributed by atoms with van der Waals surface area (Å²) in [7, 11) is 0. The van der Waals surface area contributed by atoms with E-state index >= 15 is 0 Å². The fourth-order valence-corrected chi connectivity index (χ4v) is 4.05. The van der Waals surface area contributed by atoms with Crippen molar-refractivity contribution in [2.45, 2.75) is 83.3 Å². The monoisotopic (exact) mass is 296 g/mol. The molecular formula is C17H32N2O2. The Morgan fingerprint density at radius 2 is 1.90 bits per heavy atom. The number of nitrogens with zero attached hydrogens (tertiary/aromatic N) is 2. The van der Waals surface area contributed by atoms with Crippen molar-refractivity contribution >= 4 is 5.97 Å². The average molecular weight is 296 g/mol. The van der Waals surface area contributed by atoms with Crippen LogP contribution in [0, 0.1) is 0 Å². The first-order valence-corrected chi connectivity index (χ1v) is 8.79. The van der Waals surface area contributed by atoms with Crippen molar-refractivity contribution in [3.8, 4) is 0 Å². The Bertz CT molecular complexity index is 333. The van der Waals surface area contributed by atoms with Gasteiger partial charge in [-0.2, -0.15) is 0 Å². The number of hydrogen-bond acceptors (Lipinski definition) is 3. The maximum atomic E-state index is 10.9. The predicted octanol–water partition coefficient (Wildman–Crippen LogP) is 2.97. The molecule has 2 saturated heterocycles. The summed E-state index contributed by atoms with van der Waals surface area (Å²) in [6, 6.07) is 1.83. The molecule has 2 heterocycles. The summed E-state index contributed by atoms with van der Waals surface area (Å²) in [4.78, 5) is 16.1. The normalized spacial score (nSPS) is 29.5. The summed E-state index contributed by atoms with van der Waals surface area (Å²) >= 11 is 0. The molecule has 0 bridgehead atoms. The maximum absolute atomic E-state index is 10.9. The van der Waals surface area contributed by atoms with E-state index in [0.29, 0.717) is 24.5 Å². The zero-order valence-electron chi connectivity index (χ0n) is 13.8. The molecular weight excluding hydrogens is 264 g/mol. The van der Waals surface area contributed by atoms with Crippen molar-refractivity contribution in [3.05, 3.63) is 0 Å². The molecule has 4 nitrogen and oxygen atoms in total. The molecule has 2 fully saturated rings. The van der Waals surface area contributed by atoms with E-state index in [1.165, 1.54) is 58.2 Å². The Morgan fingerprint density at radius 3 is 2.62 bits per heavy atom. The van der Waals surface area contributed by atoms with Gasteiger partial charge in [0.1, 0.15) is 0 Å². The number of hydrogen-bond donors (Lipinski definition) is 1. The SMILES string of the molecule is CC(C)N1CCCC(N2CCCCC2CCC(=O)O)CC1. The van der Waals surface area contributed by atoms with Crippen LogP contribution in [0.4, 0.5) is 0 Å². The molecule has 0 spiro atoms. The van der Waals surface area contributed by atoms with E-state index in [0.717, 1.165) is 6.42 Å². The Hall–Kier alpha value is -0.610. The van der Waals surface area contributed by atoms with Gasteiger partial charge in [-0.05, 0) is 72.0 Å². The summed E-state index contributed by atoms with van der Waals surface area (Å²) in [5.74, 6) is -0.646. The van der Waals surface area contributed by atoms with Crippen LogP contribution < -0.4 is 0 Å². The number of aliphatic carboxylic acids is 1. The fraction of sp³-hybridized carbons (Fsp3) is 0.941. The van der Waals surface area contributed by atoms with E-state index in [9.17, 15) is 4.79 Å². The first-order chi connectivity index (χ1) is 10.1. The van der Waals surface area contributed by atoms with Crippen molar-refractivity contribution in [3.63, 3.8) is 0 Å². The molecule has 0 aliphatic carbocycles.